The molecule has 0 aliphatic carbocycles. The Labute approximate surface area is 116 Å². The van der Waals surface area contributed by atoms with E-state index in [1.807, 2.05) is 13.8 Å². The first kappa shape index (κ1) is 16.4. The predicted molar refractivity (Wildman–Crippen MR) is 76.8 cm³/mol. The van der Waals surface area contributed by atoms with Crippen molar-refractivity contribution in [3.05, 3.63) is 0 Å². The summed E-state index contributed by atoms with van der Waals surface area (Å²) in [4.78, 5) is 11.5. The monoisotopic (exact) mass is 290 g/mol. The Morgan fingerprint density at radius 2 is 2.11 bits per heavy atom. The molecule has 0 aromatic carbocycles. The highest BCUT2D eigenvalue weighted by molar-refractivity contribution is 7.92. The fourth-order valence-electron chi connectivity index (χ4n) is 2.13. The van der Waals surface area contributed by atoms with Gasteiger partial charge in [-0.25, -0.2) is 8.42 Å². The molecule has 2 N–H and O–H groups in total. The average molecular weight is 290 g/mol. The van der Waals surface area contributed by atoms with Crippen LogP contribution in [-0.4, -0.2) is 45.0 Å². The third-order valence-corrected chi connectivity index (χ3v) is 4.81. The van der Waals surface area contributed by atoms with Crippen LogP contribution in [0.4, 0.5) is 0 Å². The molecule has 1 atom stereocenters. The first-order chi connectivity index (χ1) is 8.89. The van der Waals surface area contributed by atoms with Crippen molar-refractivity contribution in [2.45, 2.75) is 45.6 Å². The van der Waals surface area contributed by atoms with Crippen molar-refractivity contribution in [3.63, 3.8) is 0 Å². The molecule has 6 heteroatoms. The molecular weight excluding hydrogens is 264 g/mol. The topological polar surface area (TPSA) is 75.3 Å². The van der Waals surface area contributed by atoms with Gasteiger partial charge in [0.15, 0.2) is 9.84 Å². The quantitative estimate of drug-likeness (QED) is 0.724. The molecule has 1 heterocycles. The van der Waals surface area contributed by atoms with E-state index in [9.17, 15) is 13.2 Å². The molecule has 0 radical (unpaired) electrons. The molecule has 1 unspecified atom stereocenters. The van der Waals surface area contributed by atoms with E-state index in [0.29, 0.717) is 24.9 Å². The molecule has 0 aromatic rings. The van der Waals surface area contributed by atoms with Crippen LogP contribution in [-0.2, 0) is 14.6 Å². The van der Waals surface area contributed by atoms with Crippen molar-refractivity contribution >= 4 is 15.7 Å². The Balaban J connectivity index is 2.28. The highest BCUT2D eigenvalue weighted by atomic mass is 32.2. The largest absolute Gasteiger partial charge is 0.355 e. The minimum Gasteiger partial charge on any atom is -0.355 e. The van der Waals surface area contributed by atoms with Crippen LogP contribution in [0.2, 0.25) is 0 Å². The number of amides is 1. The van der Waals surface area contributed by atoms with Crippen LogP contribution in [0.25, 0.3) is 0 Å². The van der Waals surface area contributed by atoms with Crippen molar-refractivity contribution < 1.29 is 13.2 Å². The zero-order valence-electron chi connectivity index (χ0n) is 11.9. The number of hydrogen-bond donors (Lipinski definition) is 2. The SMILES string of the molecule is CC(C)CNC(=O)CS(=O)(=O)CCC1CCCCN1. The normalized spacial score (nSPS) is 20.5. The zero-order chi connectivity index (χ0) is 14.3. The van der Waals surface area contributed by atoms with Crippen molar-refractivity contribution in [3.8, 4) is 0 Å². The molecule has 19 heavy (non-hydrogen) atoms. The van der Waals surface area contributed by atoms with Gasteiger partial charge >= 0.3 is 0 Å². The lowest BCUT2D eigenvalue weighted by molar-refractivity contribution is -0.118. The van der Waals surface area contributed by atoms with Crippen LogP contribution in [0, 0.1) is 5.92 Å². The van der Waals surface area contributed by atoms with Gasteiger partial charge in [-0.1, -0.05) is 20.3 Å². The van der Waals surface area contributed by atoms with Crippen molar-refractivity contribution in [1.82, 2.24) is 10.6 Å². The Bertz CT molecular complexity index is 373. The zero-order valence-corrected chi connectivity index (χ0v) is 12.8. The van der Waals surface area contributed by atoms with Crippen molar-refractivity contribution in [1.29, 1.82) is 0 Å². The number of carbonyl (C=O) groups excluding carboxylic acids is 1. The second kappa shape index (κ2) is 7.85. The summed E-state index contributed by atoms with van der Waals surface area (Å²) in [6.07, 6.45) is 3.97. The van der Waals surface area contributed by atoms with Gasteiger partial charge in [0.2, 0.25) is 5.91 Å². The number of rotatable bonds is 7. The lowest BCUT2D eigenvalue weighted by atomic mass is 10.0. The number of nitrogens with one attached hydrogen (secondary N) is 2. The highest BCUT2D eigenvalue weighted by Crippen LogP contribution is 2.11. The Hall–Kier alpha value is -0.620. The molecule has 0 spiro atoms. The van der Waals surface area contributed by atoms with E-state index < -0.39 is 9.84 Å². The standard InChI is InChI=1S/C13H26N2O3S/c1-11(2)9-15-13(16)10-19(17,18)8-6-12-5-3-4-7-14-12/h11-12,14H,3-10H2,1-2H3,(H,15,16). The molecule has 1 aliphatic heterocycles. The van der Waals surface area contributed by atoms with Gasteiger partial charge in [-0.3, -0.25) is 4.79 Å². The summed E-state index contributed by atoms with van der Waals surface area (Å²) in [5, 5.41) is 5.96. The average Bonchev–Trinajstić information content (AvgIpc) is 2.35. The summed E-state index contributed by atoms with van der Waals surface area (Å²) in [5.74, 6) is -0.338. The summed E-state index contributed by atoms with van der Waals surface area (Å²) in [6, 6.07) is 0.294. The van der Waals surface area contributed by atoms with E-state index >= 15 is 0 Å². The fourth-order valence-corrected chi connectivity index (χ4v) is 3.42. The van der Waals surface area contributed by atoms with E-state index in [1.165, 1.54) is 6.42 Å². The van der Waals surface area contributed by atoms with E-state index in [-0.39, 0.29) is 17.4 Å². The van der Waals surface area contributed by atoms with Gasteiger partial charge in [0.05, 0.1) is 5.75 Å². The van der Waals surface area contributed by atoms with Crippen LogP contribution in [0.3, 0.4) is 0 Å². The molecule has 1 rings (SSSR count). The van der Waals surface area contributed by atoms with Crippen molar-refractivity contribution in [2.24, 2.45) is 5.92 Å². The molecule has 1 amide bonds. The summed E-state index contributed by atoms with van der Waals surface area (Å²) >= 11 is 0. The van der Waals surface area contributed by atoms with Crippen LogP contribution in [0.15, 0.2) is 0 Å². The second-order valence-electron chi connectivity index (χ2n) is 5.73. The fraction of sp³-hybridized carbons (Fsp3) is 0.923. The van der Waals surface area contributed by atoms with E-state index in [0.717, 1.165) is 19.4 Å². The lowest BCUT2D eigenvalue weighted by Crippen LogP contribution is -2.37. The van der Waals surface area contributed by atoms with E-state index in [1.54, 1.807) is 0 Å². The first-order valence-corrected chi connectivity index (χ1v) is 8.91. The highest BCUT2D eigenvalue weighted by Gasteiger charge is 2.20. The van der Waals surface area contributed by atoms with Gasteiger partial charge in [-0.05, 0) is 31.7 Å². The molecule has 0 aromatic heterocycles. The van der Waals surface area contributed by atoms with Gasteiger partial charge in [0.25, 0.3) is 0 Å². The first-order valence-electron chi connectivity index (χ1n) is 7.09. The minimum absolute atomic E-state index is 0.0970. The summed E-state index contributed by atoms with van der Waals surface area (Å²) in [7, 11) is -3.28. The maximum absolute atomic E-state index is 11.8. The molecular formula is C13H26N2O3S. The van der Waals surface area contributed by atoms with Crippen LogP contribution >= 0.6 is 0 Å². The third-order valence-electron chi connectivity index (χ3n) is 3.25. The second-order valence-corrected chi connectivity index (χ2v) is 7.91. The molecule has 1 saturated heterocycles. The molecule has 0 bridgehead atoms. The third kappa shape index (κ3) is 7.52. The van der Waals surface area contributed by atoms with E-state index in [4.69, 9.17) is 0 Å². The van der Waals surface area contributed by atoms with Crippen LogP contribution < -0.4 is 10.6 Å². The van der Waals surface area contributed by atoms with Gasteiger partial charge in [0, 0.05) is 12.6 Å². The minimum atomic E-state index is -3.28. The van der Waals surface area contributed by atoms with Crippen LogP contribution in [0.1, 0.15) is 39.5 Å². The maximum atomic E-state index is 11.8. The van der Waals surface area contributed by atoms with Gasteiger partial charge in [0.1, 0.15) is 5.75 Å². The number of piperidine rings is 1. The molecule has 1 fully saturated rings. The van der Waals surface area contributed by atoms with Gasteiger partial charge in [-0.2, -0.15) is 0 Å². The Morgan fingerprint density at radius 1 is 1.37 bits per heavy atom. The molecule has 112 valence electrons. The lowest BCUT2D eigenvalue weighted by Gasteiger charge is -2.23. The molecule has 1 aliphatic rings. The molecule has 0 saturated carbocycles. The summed E-state index contributed by atoms with van der Waals surface area (Å²) < 4.78 is 23.7. The van der Waals surface area contributed by atoms with Crippen LogP contribution in [0.5, 0.6) is 0 Å². The van der Waals surface area contributed by atoms with E-state index in [2.05, 4.69) is 10.6 Å². The predicted octanol–water partition coefficient (Wildman–Crippen LogP) is 0.706. The summed E-state index contributed by atoms with van der Waals surface area (Å²) in [5.41, 5.74) is 0. The summed E-state index contributed by atoms with van der Waals surface area (Å²) in [6.45, 7) is 5.45. The number of carbonyl (C=O) groups is 1. The van der Waals surface area contributed by atoms with Gasteiger partial charge < -0.3 is 10.6 Å². The van der Waals surface area contributed by atoms with Gasteiger partial charge in [-0.15, -0.1) is 0 Å². The number of sulfone groups is 1. The maximum Gasteiger partial charge on any atom is 0.235 e. The number of hydrogen-bond acceptors (Lipinski definition) is 4. The molecule has 5 nitrogen and oxygen atoms in total. The smallest absolute Gasteiger partial charge is 0.235 e. The Kier molecular flexibility index (Phi) is 6.79. The van der Waals surface area contributed by atoms with Crippen molar-refractivity contribution in [2.75, 3.05) is 24.6 Å². The Morgan fingerprint density at radius 3 is 2.68 bits per heavy atom.